The van der Waals surface area contributed by atoms with E-state index in [1.54, 1.807) is 13.2 Å². The molecule has 3 rings (SSSR count). The van der Waals surface area contributed by atoms with Gasteiger partial charge in [-0.15, -0.1) is 0 Å². The number of nitrogens with two attached hydrogens (primary N) is 1. The lowest BCUT2D eigenvalue weighted by Gasteiger charge is -2.22. The van der Waals surface area contributed by atoms with Crippen LogP contribution in [0.2, 0.25) is 0 Å². The van der Waals surface area contributed by atoms with E-state index >= 15 is 0 Å². The molecule has 1 aliphatic heterocycles. The van der Waals surface area contributed by atoms with Crippen molar-refractivity contribution < 1.29 is 14.3 Å². The summed E-state index contributed by atoms with van der Waals surface area (Å²) in [7, 11) is 1.61. The van der Waals surface area contributed by atoms with Gasteiger partial charge in [-0.25, -0.2) is 4.79 Å². The normalized spacial score (nSPS) is 21.5. The molecule has 0 saturated carbocycles. The molecule has 0 saturated heterocycles. The third-order valence-electron chi connectivity index (χ3n) is 3.02. The molecule has 1 heterocycles. The van der Waals surface area contributed by atoms with Crippen molar-refractivity contribution in [1.82, 2.24) is 0 Å². The SMILES string of the molecule is COc1cc2c(c3c1CC(N)C3)OC2=O. The molecule has 15 heavy (non-hydrogen) atoms. The van der Waals surface area contributed by atoms with Crippen molar-refractivity contribution in [2.24, 2.45) is 5.73 Å². The zero-order chi connectivity index (χ0) is 10.6. The van der Waals surface area contributed by atoms with Crippen LogP contribution in [0.4, 0.5) is 0 Å². The molecule has 1 unspecified atom stereocenters. The minimum Gasteiger partial charge on any atom is -0.496 e. The summed E-state index contributed by atoms with van der Waals surface area (Å²) in [5.41, 5.74) is 8.66. The van der Waals surface area contributed by atoms with Gasteiger partial charge in [0.1, 0.15) is 17.1 Å². The Morgan fingerprint density at radius 3 is 2.87 bits per heavy atom. The van der Waals surface area contributed by atoms with Crippen LogP contribution in [-0.4, -0.2) is 19.1 Å². The van der Waals surface area contributed by atoms with Gasteiger partial charge in [0.2, 0.25) is 0 Å². The van der Waals surface area contributed by atoms with Crippen molar-refractivity contribution >= 4 is 5.97 Å². The van der Waals surface area contributed by atoms with Crippen molar-refractivity contribution in [3.63, 3.8) is 0 Å². The second-order valence-electron chi connectivity index (χ2n) is 3.97. The number of rotatable bonds is 1. The van der Waals surface area contributed by atoms with Gasteiger partial charge in [0.05, 0.1) is 7.11 Å². The lowest BCUT2D eigenvalue weighted by molar-refractivity contribution is 0.0655. The Bertz CT molecular complexity index is 467. The molecule has 0 bridgehead atoms. The highest BCUT2D eigenvalue weighted by Gasteiger charge is 2.36. The van der Waals surface area contributed by atoms with Gasteiger partial charge in [-0.05, 0) is 18.9 Å². The maximum atomic E-state index is 11.2. The third-order valence-corrected chi connectivity index (χ3v) is 3.02. The van der Waals surface area contributed by atoms with Crippen LogP contribution in [0.1, 0.15) is 21.5 Å². The molecule has 1 aromatic rings. The van der Waals surface area contributed by atoms with Gasteiger partial charge in [0, 0.05) is 17.2 Å². The number of methoxy groups -OCH3 is 1. The first kappa shape index (κ1) is 8.73. The molecule has 4 nitrogen and oxygen atoms in total. The second kappa shape index (κ2) is 2.73. The van der Waals surface area contributed by atoms with Crippen molar-refractivity contribution in [2.75, 3.05) is 7.11 Å². The van der Waals surface area contributed by atoms with Crippen LogP contribution in [0.3, 0.4) is 0 Å². The lowest BCUT2D eigenvalue weighted by Crippen LogP contribution is -2.23. The topological polar surface area (TPSA) is 61.6 Å². The molecule has 78 valence electrons. The summed E-state index contributed by atoms with van der Waals surface area (Å²) >= 11 is 0. The van der Waals surface area contributed by atoms with Crippen LogP contribution < -0.4 is 15.2 Å². The van der Waals surface area contributed by atoms with Gasteiger partial charge in [0.25, 0.3) is 0 Å². The summed E-state index contributed by atoms with van der Waals surface area (Å²) in [6.45, 7) is 0. The highest BCUT2D eigenvalue weighted by Crippen LogP contribution is 2.44. The monoisotopic (exact) mass is 205 g/mol. The molecule has 1 aliphatic carbocycles. The Morgan fingerprint density at radius 2 is 2.20 bits per heavy atom. The summed E-state index contributed by atoms with van der Waals surface area (Å²) in [6.07, 6.45) is 1.56. The Hall–Kier alpha value is -1.55. The van der Waals surface area contributed by atoms with E-state index in [4.69, 9.17) is 15.2 Å². The number of benzene rings is 1. The minimum atomic E-state index is -0.272. The molecule has 0 spiro atoms. The zero-order valence-corrected chi connectivity index (χ0v) is 8.37. The minimum absolute atomic E-state index is 0.111. The van der Waals surface area contributed by atoms with E-state index in [9.17, 15) is 4.79 Å². The summed E-state index contributed by atoms with van der Waals surface area (Å²) in [5.74, 6) is 1.20. The van der Waals surface area contributed by atoms with E-state index in [0.29, 0.717) is 11.3 Å². The highest BCUT2D eigenvalue weighted by molar-refractivity contribution is 6.03. The first-order valence-corrected chi connectivity index (χ1v) is 4.91. The number of carbonyl (C=O) groups excluding carboxylic acids is 1. The molecule has 4 heteroatoms. The van der Waals surface area contributed by atoms with E-state index in [0.717, 1.165) is 29.7 Å². The number of hydrogen-bond acceptors (Lipinski definition) is 4. The van der Waals surface area contributed by atoms with Gasteiger partial charge in [-0.1, -0.05) is 0 Å². The van der Waals surface area contributed by atoms with E-state index in [1.165, 1.54) is 0 Å². The molecule has 0 aromatic heterocycles. The average molecular weight is 205 g/mol. The van der Waals surface area contributed by atoms with Gasteiger partial charge in [-0.2, -0.15) is 0 Å². The number of hydrogen-bond donors (Lipinski definition) is 1. The maximum Gasteiger partial charge on any atom is 0.347 e. The zero-order valence-electron chi connectivity index (χ0n) is 8.37. The molecule has 0 fully saturated rings. The number of carbonyl (C=O) groups is 1. The molecule has 2 N–H and O–H groups in total. The maximum absolute atomic E-state index is 11.2. The predicted octanol–water partition coefficient (Wildman–Crippen LogP) is 0.654. The molecular formula is C11H11NO3. The third kappa shape index (κ3) is 1.02. The Kier molecular flexibility index (Phi) is 1.59. The fourth-order valence-corrected chi connectivity index (χ4v) is 2.32. The van der Waals surface area contributed by atoms with E-state index in [2.05, 4.69) is 0 Å². The number of fused-ring (bicyclic) bond motifs is 3. The molecule has 0 amide bonds. The van der Waals surface area contributed by atoms with Crippen molar-refractivity contribution in [1.29, 1.82) is 0 Å². The van der Waals surface area contributed by atoms with Crippen LogP contribution in [0.5, 0.6) is 11.5 Å². The number of ether oxygens (including phenoxy) is 2. The van der Waals surface area contributed by atoms with E-state index in [1.807, 2.05) is 0 Å². The fourth-order valence-electron chi connectivity index (χ4n) is 2.32. The summed E-state index contributed by atoms with van der Waals surface area (Å²) < 4.78 is 10.3. The van der Waals surface area contributed by atoms with Crippen LogP contribution in [0, 0.1) is 0 Å². The van der Waals surface area contributed by atoms with Crippen LogP contribution >= 0.6 is 0 Å². The molecule has 0 radical (unpaired) electrons. The first-order valence-electron chi connectivity index (χ1n) is 4.91. The largest absolute Gasteiger partial charge is 0.496 e. The van der Waals surface area contributed by atoms with Gasteiger partial charge in [-0.3, -0.25) is 0 Å². The van der Waals surface area contributed by atoms with Crippen molar-refractivity contribution in [3.05, 3.63) is 22.8 Å². The van der Waals surface area contributed by atoms with Gasteiger partial charge >= 0.3 is 5.97 Å². The predicted molar refractivity (Wildman–Crippen MR) is 53.3 cm³/mol. The molecule has 1 aromatic carbocycles. The summed E-state index contributed by atoms with van der Waals surface area (Å²) in [6, 6.07) is 1.86. The van der Waals surface area contributed by atoms with Crippen LogP contribution in [-0.2, 0) is 12.8 Å². The smallest absolute Gasteiger partial charge is 0.347 e. The van der Waals surface area contributed by atoms with Crippen molar-refractivity contribution in [3.8, 4) is 11.5 Å². The highest BCUT2D eigenvalue weighted by atomic mass is 16.6. The molecule has 1 atom stereocenters. The quantitative estimate of drug-likeness (QED) is 0.684. The fraction of sp³-hybridized carbons (Fsp3) is 0.364. The summed E-state index contributed by atoms with van der Waals surface area (Å²) in [5, 5.41) is 0. The Balaban J connectivity index is 2.22. The van der Waals surface area contributed by atoms with Gasteiger partial charge in [0.15, 0.2) is 0 Å². The Labute approximate surface area is 87.0 Å². The second-order valence-corrected chi connectivity index (χ2v) is 3.97. The Morgan fingerprint density at radius 1 is 1.47 bits per heavy atom. The molecule has 2 aliphatic rings. The van der Waals surface area contributed by atoms with E-state index in [-0.39, 0.29) is 12.0 Å². The van der Waals surface area contributed by atoms with Crippen LogP contribution in [0.25, 0.3) is 0 Å². The van der Waals surface area contributed by atoms with Crippen molar-refractivity contribution in [2.45, 2.75) is 18.9 Å². The molecular weight excluding hydrogens is 194 g/mol. The standard InChI is InChI=1S/C11H11NO3/c1-14-9-4-8-10(15-11(8)13)7-3-5(12)2-6(7)9/h4-5H,2-3,12H2,1H3. The van der Waals surface area contributed by atoms with Crippen LogP contribution in [0.15, 0.2) is 6.07 Å². The van der Waals surface area contributed by atoms with Gasteiger partial charge < -0.3 is 15.2 Å². The number of esters is 1. The summed E-state index contributed by atoms with van der Waals surface area (Å²) in [4.78, 5) is 11.2. The van der Waals surface area contributed by atoms with E-state index < -0.39 is 0 Å². The average Bonchev–Trinajstić information content (AvgIpc) is 2.57. The lowest BCUT2D eigenvalue weighted by atomic mass is 10.00. The first-order chi connectivity index (χ1) is 7.20.